The van der Waals surface area contributed by atoms with Gasteiger partial charge in [-0.15, -0.1) is 12.4 Å². The number of rotatable bonds is 4. The highest BCUT2D eigenvalue weighted by Gasteiger charge is 2.27. The molecule has 1 heterocycles. The van der Waals surface area contributed by atoms with Gasteiger partial charge in [0, 0.05) is 37.8 Å². The van der Waals surface area contributed by atoms with Crippen molar-refractivity contribution in [1.29, 1.82) is 0 Å². The van der Waals surface area contributed by atoms with Gasteiger partial charge in [-0.1, -0.05) is 19.9 Å². The number of benzene rings is 1. The highest BCUT2D eigenvalue weighted by Crippen LogP contribution is 2.31. The largest absolute Gasteiger partial charge is 0.314 e. The molecule has 0 bridgehead atoms. The van der Waals surface area contributed by atoms with E-state index in [0.29, 0.717) is 5.92 Å². The first-order valence-corrected chi connectivity index (χ1v) is 6.98. The molecule has 1 aliphatic rings. The average molecular weight is 305 g/mol. The van der Waals surface area contributed by atoms with Crippen LogP contribution in [0.3, 0.4) is 0 Å². The molecule has 1 atom stereocenters. The van der Waals surface area contributed by atoms with Gasteiger partial charge in [0.15, 0.2) is 0 Å². The Hall–Kier alpha value is -0.710. The van der Waals surface area contributed by atoms with Crippen LogP contribution in [0.15, 0.2) is 18.2 Å². The summed E-state index contributed by atoms with van der Waals surface area (Å²) in [4.78, 5) is 2.19. The Balaban J connectivity index is 0.00000200. The summed E-state index contributed by atoms with van der Waals surface area (Å²) in [6.45, 7) is 7.62. The van der Waals surface area contributed by atoms with E-state index in [0.717, 1.165) is 32.6 Å². The van der Waals surface area contributed by atoms with Crippen molar-refractivity contribution >= 4 is 12.4 Å². The Morgan fingerprint density at radius 2 is 1.70 bits per heavy atom. The normalized spacial score (nSPS) is 17.9. The quantitative estimate of drug-likeness (QED) is 0.917. The van der Waals surface area contributed by atoms with Gasteiger partial charge in [0.25, 0.3) is 0 Å². The second-order valence-electron chi connectivity index (χ2n) is 5.57. The minimum absolute atomic E-state index is 0. The zero-order valence-corrected chi connectivity index (χ0v) is 12.9. The third-order valence-corrected chi connectivity index (χ3v) is 3.62. The van der Waals surface area contributed by atoms with Crippen molar-refractivity contribution in [2.24, 2.45) is 5.92 Å². The fraction of sp³-hybridized carbons (Fsp3) is 0.600. The molecule has 2 nitrogen and oxygen atoms in total. The van der Waals surface area contributed by atoms with Crippen molar-refractivity contribution in [2.75, 3.05) is 26.2 Å². The van der Waals surface area contributed by atoms with E-state index in [9.17, 15) is 8.78 Å². The first-order valence-electron chi connectivity index (χ1n) is 6.98. The van der Waals surface area contributed by atoms with Gasteiger partial charge in [0.05, 0.1) is 0 Å². The zero-order chi connectivity index (χ0) is 13.8. The standard InChI is InChI=1S/C15H22F2N2.ClH/c1-11(2)10-14(19-8-6-18-7-9-19)15-12(16)4-3-5-13(15)17;/h3-5,11,14,18H,6-10H2,1-2H3;1H/t14-;/m0./s1. The Morgan fingerprint density at radius 1 is 1.15 bits per heavy atom. The number of halogens is 3. The van der Waals surface area contributed by atoms with Crippen LogP contribution in [0.5, 0.6) is 0 Å². The molecular weight excluding hydrogens is 282 g/mol. The molecule has 5 heteroatoms. The third kappa shape index (κ3) is 4.14. The number of hydrogen-bond donors (Lipinski definition) is 1. The van der Waals surface area contributed by atoms with Gasteiger partial charge in [-0.05, 0) is 24.5 Å². The second-order valence-corrected chi connectivity index (χ2v) is 5.57. The van der Waals surface area contributed by atoms with Crippen LogP contribution in [0.25, 0.3) is 0 Å². The number of nitrogens with one attached hydrogen (secondary N) is 1. The van der Waals surface area contributed by atoms with Crippen LogP contribution >= 0.6 is 12.4 Å². The Morgan fingerprint density at radius 3 is 2.20 bits per heavy atom. The van der Waals surface area contributed by atoms with E-state index in [1.165, 1.54) is 18.2 Å². The van der Waals surface area contributed by atoms with Crippen molar-refractivity contribution in [3.05, 3.63) is 35.4 Å². The van der Waals surface area contributed by atoms with E-state index in [4.69, 9.17) is 0 Å². The van der Waals surface area contributed by atoms with Gasteiger partial charge >= 0.3 is 0 Å². The van der Waals surface area contributed by atoms with Gasteiger partial charge in [0.2, 0.25) is 0 Å². The van der Waals surface area contributed by atoms with Crippen LogP contribution in [-0.4, -0.2) is 31.1 Å². The number of nitrogens with zero attached hydrogens (tertiary/aromatic N) is 1. The molecule has 1 aliphatic heterocycles. The lowest BCUT2D eigenvalue weighted by molar-refractivity contribution is 0.147. The fourth-order valence-electron chi connectivity index (χ4n) is 2.72. The van der Waals surface area contributed by atoms with Crippen LogP contribution in [0, 0.1) is 17.6 Å². The predicted octanol–water partition coefficient (Wildman–Crippen LogP) is 3.38. The van der Waals surface area contributed by atoms with E-state index >= 15 is 0 Å². The molecule has 0 aliphatic carbocycles. The van der Waals surface area contributed by atoms with Crippen LogP contribution in [0.4, 0.5) is 8.78 Å². The summed E-state index contributed by atoms with van der Waals surface area (Å²) in [6.07, 6.45) is 0.776. The monoisotopic (exact) mass is 304 g/mol. The van der Waals surface area contributed by atoms with Crippen LogP contribution < -0.4 is 5.32 Å². The number of hydrogen-bond acceptors (Lipinski definition) is 2. The SMILES string of the molecule is CC(C)C[C@@H](c1c(F)cccc1F)N1CCNCC1.Cl. The molecule has 0 saturated carbocycles. The molecule has 1 N–H and O–H groups in total. The van der Waals surface area contributed by atoms with Crippen molar-refractivity contribution in [2.45, 2.75) is 26.3 Å². The molecule has 0 spiro atoms. The minimum Gasteiger partial charge on any atom is -0.314 e. The molecule has 1 aromatic rings. The summed E-state index contributed by atoms with van der Waals surface area (Å²) in [7, 11) is 0. The molecule has 20 heavy (non-hydrogen) atoms. The van der Waals surface area contributed by atoms with E-state index in [2.05, 4.69) is 24.1 Å². The molecule has 1 fully saturated rings. The van der Waals surface area contributed by atoms with Gasteiger partial charge in [-0.25, -0.2) is 8.78 Å². The molecular formula is C15H23ClF2N2. The maximum Gasteiger partial charge on any atom is 0.130 e. The summed E-state index contributed by atoms with van der Waals surface area (Å²) >= 11 is 0. The first kappa shape index (κ1) is 17.3. The maximum atomic E-state index is 14.0. The van der Waals surface area contributed by atoms with Crippen molar-refractivity contribution in [1.82, 2.24) is 10.2 Å². The smallest absolute Gasteiger partial charge is 0.130 e. The highest BCUT2D eigenvalue weighted by atomic mass is 35.5. The van der Waals surface area contributed by atoms with E-state index in [-0.39, 0.29) is 24.0 Å². The lowest BCUT2D eigenvalue weighted by atomic mass is 9.94. The molecule has 0 radical (unpaired) electrons. The van der Waals surface area contributed by atoms with Gasteiger partial charge in [0.1, 0.15) is 11.6 Å². The Labute approximate surface area is 126 Å². The first-order chi connectivity index (χ1) is 9.09. The fourth-order valence-corrected chi connectivity index (χ4v) is 2.72. The lowest BCUT2D eigenvalue weighted by Gasteiger charge is -2.36. The van der Waals surface area contributed by atoms with Crippen molar-refractivity contribution in [3.63, 3.8) is 0 Å². The Bertz CT molecular complexity index is 400. The minimum atomic E-state index is -0.427. The van der Waals surface area contributed by atoms with Gasteiger partial charge in [-0.3, -0.25) is 4.90 Å². The third-order valence-electron chi connectivity index (χ3n) is 3.62. The molecule has 1 saturated heterocycles. The molecule has 1 aromatic carbocycles. The number of piperazine rings is 1. The molecule has 0 aromatic heterocycles. The molecule has 0 amide bonds. The summed E-state index contributed by atoms with van der Waals surface area (Å²) in [5, 5.41) is 3.27. The van der Waals surface area contributed by atoms with Crippen molar-refractivity contribution in [3.8, 4) is 0 Å². The summed E-state index contributed by atoms with van der Waals surface area (Å²) in [6, 6.07) is 3.98. The maximum absolute atomic E-state index is 14.0. The lowest BCUT2D eigenvalue weighted by Crippen LogP contribution is -2.45. The van der Waals surface area contributed by atoms with Crippen LogP contribution in [-0.2, 0) is 0 Å². The van der Waals surface area contributed by atoms with Crippen molar-refractivity contribution < 1.29 is 8.78 Å². The topological polar surface area (TPSA) is 15.3 Å². The molecule has 114 valence electrons. The zero-order valence-electron chi connectivity index (χ0n) is 12.0. The van der Waals surface area contributed by atoms with E-state index in [1.807, 2.05) is 0 Å². The van der Waals surface area contributed by atoms with E-state index < -0.39 is 11.6 Å². The van der Waals surface area contributed by atoms with Gasteiger partial charge < -0.3 is 5.32 Å². The second kappa shape index (κ2) is 7.91. The van der Waals surface area contributed by atoms with Crippen LogP contribution in [0.1, 0.15) is 31.9 Å². The predicted molar refractivity (Wildman–Crippen MR) is 80.2 cm³/mol. The van der Waals surface area contributed by atoms with Gasteiger partial charge in [-0.2, -0.15) is 0 Å². The molecule has 2 rings (SSSR count). The highest BCUT2D eigenvalue weighted by molar-refractivity contribution is 5.85. The Kier molecular flexibility index (Phi) is 6.86. The average Bonchev–Trinajstić information content (AvgIpc) is 2.38. The molecule has 0 unspecified atom stereocenters. The summed E-state index contributed by atoms with van der Waals surface area (Å²) in [5.74, 6) is -0.452. The summed E-state index contributed by atoms with van der Waals surface area (Å²) < 4.78 is 28.0. The van der Waals surface area contributed by atoms with Crippen LogP contribution in [0.2, 0.25) is 0 Å². The summed E-state index contributed by atoms with van der Waals surface area (Å²) in [5.41, 5.74) is 0.234. The van der Waals surface area contributed by atoms with E-state index in [1.54, 1.807) is 0 Å².